The number of rotatable bonds is 3. The van der Waals surface area contributed by atoms with Crippen LogP contribution in [0.2, 0.25) is 0 Å². The van der Waals surface area contributed by atoms with Gasteiger partial charge in [0.15, 0.2) is 5.78 Å². The van der Waals surface area contributed by atoms with E-state index in [1.807, 2.05) is 0 Å². The van der Waals surface area contributed by atoms with E-state index in [9.17, 15) is 14.4 Å². The molecule has 176 valence electrons. The number of hydrogen-bond donors (Lipinski definition) is 0. The first-order chi connectivity index (χ1) is 15.3. The van der Waals surface area contributed by atoms with E-state index in [4.69, 9.17) is 9.47 Å². The zero-order chi connectivity index (χ0) is 22.7. The van der Waals surface area contributed by atoms with E-state index < -0.39 is 5.41 Å². The van der Waals surface area contributed by atoms with E-state index in [2.05, 4.69) is 20.4 Å². The molecule has 0 aromatic heterocycles. The van der Waals surface area contributed by atoms with Crippen molar-refractivity contribution >= 4 is 17.7 Å². The molecule has 6 fully saturated rings. The van der Waals surface area contributed by atoms with Gasteiger partial charge in [-0.15, -0.1) is 0 Å². The Bertz CT molecular complexity index is 847. The predicted molar refractivity (Wildman–Crippen MR) is 119 cm³/mol. The van der Waals surface area contributed by atoms with Gasteiger partial charge < -0.3 is 14.4 Å². The normalized spacial score (nSPS) is 43.6. The van der Waals surface area contributed by atoms with Crippen molar-refractivity contribution in [1.29, 1.82) is 0 Å². The van der Waals surface area contributed by atoms with E-state index in [1.165, 1.54) is 0 Å². The molecule has 6 atom stereocenters. The molecular weight excluding hydrogens is 406 g/mol. The molecule has 5 saturated carbocycles. The van der Waals surface area contributed by atoms with Crippen molar-refractivity contribution in [3.63, 3.8) is 0 Å². The van der Waals surface area contributed by atoms with Gasteiger partial charge in [-0.25, -0.2) is 4.79 Å². The Hall–Kier alpha value is -1.69. The molecule has 2 unspecified atom stereocenters. The lowest BCUT2D eigenvalue weighted by Gasteiger charge is -2.66. The smallest absolute Gasteiger partial charge is 0.409 e. The van der Waals surface area contributed by atoms with Crippen LogP contribution in [0.15, 0.2) is 12.2 Å². The molecule has 6 aliphatic rings. The minimum Gasteiger partial charge on any atom is -0.449 e. The number of carbonyl (C=O) groups is 3. The quantitative estimate of drug-likeness (QED) is 0.483. The first-order valence-corrected chi connectivity index (χ1v) is 12.5. The van der Waals surface area contributed by atoms with Crippen LogP contribution in [0.4, 0.5) is 4.79 Å². The van der Waals surface area contributed by atoms with Gasteiger partial charge in [-0.05, 0) is 60.8 Å². The van der Waals surface area contributed by atoms with Crippen molar-refractivity contribution in [1.82, 2.24) is 4.90 Å². The molecule has 2 bridgehead atoms. The monoisotopic (exact) mass is 443 g/mol. The van der Waals surface area contributed by atoms with Gasteiger partial charge in [0.2, 0.25) is 0 Å². The number of hydrogen-bond acceptors (Lipinski definition) is 5. The van der Waals surface area contributed by atoms with E-state index in [0.717, 1.165) is 38.5 Å². The first kappa shape index (κ1) is 22.1. The Morgan fingerprint density at radius 1 is 1.19 bits per heavy atom. The summed E-state index contributed by atoms with van der Waals surface area (Å²) in [5.41, 5.74) is -0.556. The largest absolute Gasteiger partial charge is 0.449 e. The highest BCUT2D eigenvalue weighted by molar-refractivity contribution is 6.16. The highest BCUT2D eigenvalue weighted by Crippen LogP contribution is 2.70. The maximum absolute atomic E-state index is 13.8. The Morgan fingerprint density at radius 2 is 1.94 bits per heavy atom. The molecule has 1 saturated heterocycles. The summed E-state index contributed by atoms with van der Waals surface area (Å²) < 4.78 is 11.4. The number of ketones is 2. The molecule has 32 heavy (non-hydrogen) atoms. The molecule has 1 spiro atoms. The summed E-state index contributed by atoms with van der Waals surface area (Å²) in [7, 11) is 0. The summed E-state index contributed by atoms with van der Waals surface area (Å²) in [6, 6.07) is 0. The van der Waals surface area contributed by atoms with Gasteiger partial charge in [-0.3, -0.25) is 9.59 Å². The van der Waals surface area contributed by atoms with Crippen LogP contribution >= 0.6 is 0 Å². The van der Waals surface area contributed by atoms with Gasteiger partial charge in [0.05, 0.1) is 25.2 Å². The first-order valence-electron chi connectivity index (χ1n) is 12.5. The Labute approximate surface area is 191 Å². The number of nitrogens with zero attached hydrogens (tertiary/aromatic N) is 1. The van der Waals surface area contributed by atoms with Gasteiger partial charge in [-0.2, -0.15) is 0 Å². The molecule has 5 aliphatic carbocycles. The lowest BCUT2D eigenvalue weighted by atomic mass is 9.36. The molecule has 0 N–H and O–H groups in total. The van der Waals surface area contributed by atoms with Crippen LogP contribution in [0, 0.1) is 34.0 Å². The predicted octanol–water partition coefficient (Wildman–Crippen LogP) is 4.17. The summed E-state index contributed by atoms with van der Waals surface area (Å²) >= 11 is 0. The van der Waals surface area contributed by atoms with Gasteiger partial charge in [0.25, 0.3) is 0 Å². The van der Waals surface area contributed by atoms with Crippen molar-refractivity contribution in [3.05, 3.63) is 12.2 Å². The van der Waals surface area contributed by atoms with Crippen molar-refractivity contribution < 1.29 is 23.9 Å². The molecule has 1 amide bonds. The molecule has 1 aliphatic heterocycles. The third kappa shape index (κ3) is 2.90. The van der Waals surface area contributed by atoms with Crippen LogP contribution in [0.5, 0.6) is 0 Å². The number of fused-ring (bicyclic) bond motifs is 3. The average molecular weight is 444 g/mol. The highest BCUT2D eigenvalue weighted by atomic mass is 16.6. The molecule has 0 radical (unpaired) electrons. The number of Topliss-reactive ketones (excluding diaryl/α,β-unsaturated/α-hetero) is 2. The average Bonchev–Trinajstić information content (AvgIpc) is 2.82. The van der Waals surface area contributed by atoms with Crippen molar-refractivity contribution in [2.45, 2.75) is 65.2 Å². The third-order valence-electron chi connectivity index (χ3n) is 10.2. The third-order valence-corrected chi connectivity index (χ3v) is 10.2. The second-order valence-electron chi connectivity index (χ2n) is 11.3. The van der Waals surface area contributed by atoms with Gasteiger partial charge >= 0.3 is 6.09 Å². The van der Waals surface area contributed by atoms with E-state index in [0.29, 0.717) is 51.3 Å². The molecule has 0 aromatic carbocycles. The van der Waals surface area contributed by atoms with Crippen molar-refractivity contribution in [3.8, 4) is 0 Å². The fourth-order valence-corrected chi connectivity index (χ4v) is 8.25. The molecule has 1 heterocycles. The summed E-state index contributed by atoms with van der Waals surface area (Å²) in [6.45, 7) is 11.1. The molecule has 0 aromatic rings. The summed E-state index contributed by atoms with van der Waals surface area (Å²) in [5.74, 6) is 0.406. The Balaban J connectivity index is 1.52. The van der Waals surface area contributed by atoms with Crippen molar-refractivity contribution in [2.24, 2.45) is 34.0 Å². The second-order valence-corrected chi connectivity index (χ2v) is 11.3. The van der Waals surface area contributed by atoms with E-state index in [1.54, 1.807) is 4.90 Å². The van der Waals surface area contributed by atoms with Crippen LogP contribution in [0.25, 0.3) is 0 Å². The lowest BCUT2D eigenvalue weighted by molar-refractivity contribution is -0.198. The maximum atomic E-state index is 13.8. The molecule has 6 heteroatoms. The zero-order valence-corrected chi connectivity index (χ0v) is 19.6. The fraction of sp³-hybridized carbons (Fsp3) is 0.808. The maximum Gasteiger partial charge on any atom is 0.409 e. The number of morpholine rings is 1. The van der Waals surface area contributed by atoms with Crippen LogP contribution in [0.1, 0.15) is 65.2 Å². The standard InChI is InChI=1S/C26H37NO5/c1-4-24(3)7-5-8-25(16-32-23(30)27-10-12-31-13-11-27)19(24)15-21(28)26-9-6-18(14-20(25)26)17(2)22(26)29/h18-20H,2,4-16H2,1,3H3/t18-,19?,20?,24+,25-,26+/m0/s1. The second kappa shape index (κ2) is 7.68. The number of allylic oxidation sites excluding steroid dienone is 1. The number of ether oxygens (including phenoxy) is 2. The van der Waals surface area contributed by atoms with Gasteiger partial charge in [-0.1, -0.05) is 33.3 Å². The summed E-state index contributed by atoms with van der Waals surface area (Å²) in [5, 5.41) is 0. The lowest BCUT2D eigenvalue weighted by Crippen LogP contribution is -2.68. The van der Waals surface area contributed by atoms with Crippen LogP contribution in [0.3, 0.4) is 0 Å². The summed E-state index contributed by atoms with van der Waals surface area (Å²) in [6.07, 6.45) is 6.57. The van der Waals surface area contributed by atoms with Crippen molar-refractivity contribution in [2.75, 3.05) is 32.9 Å². The Morgan fingerprint density at radius 3 is 2.66 bits per heavy atom. The van der Waals surface area contributed by atoms with Gasteiger partial charge in [0, 0.05) is 24.9 Å². The number of carbonyl (C=O) groups excluding carboxylic acids is 3. The number of amides is 1. The minimum atomic E-state index is -0.931. The topological polar surface area (TPSA) is 72.9 Å². The Kier molecular flexibility index (Phi) is 5.31. The highest BCUT2D eigenvalue weighted by Gasteiger charge is 2.71. The fourth-order valence-electron chi connectivity index (χ4n) is 8.25. The van der Waals surface area contributed by atoms with Crippen LogP contribution in [-0.2, 0) is 19.1 Å². The van der Waals surface area contributed by atoms with E-state index in [-0.39, 0.29) is 46.2 Å². The zero-order valence-electron chi connectivity index (χ0n) is 19.6. The summed E-state index contributed by atoms with van der Waals surface area (Å²) in [4.78, 5) is 42.0. The molecule has 6 rings (SSSR count). The van der Waals surface area contributed by atoms with E-state index >= 15 is 0 Å². The van der Waals surface area contributed by atoms with Crippen LogP contribution < -0.4 is 0 Å². The van der Waals surface area contributed by atoms with Crippen LogP contribution in [-0.4, -0.2) is 55.5 Å². The van der Waals surface area contributed by atoms with Gasteiger partial charge in [0.1, 0.15) is 5.78 Å². The molecular formula is C26H37NO5. The SMILES string of the molecule is C=C1C(=O)[C@]23CC[C@H]1CC2[C@]1(COC(=O)N2CCOCC2)CCC[C@@](C)(CC)C1CC3=O. The minimum absolute atomic E-state index is 0.00361. The molecule has 6 nitrogen and oxygen atoms in total.